The number of anilines is 1. The van der Waals surface area contributed by atoms with Gasteiger partial charge in [-0.15, -0.1) is 11.7 Å². The van der Waals surface area contributed by atoms with E-state index in [1.807, 2.05) is 30.3 Å². The van der Waals surface area contributed by atoms with Gasteiger partial charge < -0.3 is 10.6 Å². The minimum Gasteiger partial charge on any atom is -0.349 e. The molecule has 0 aliphatic carbocycles. The minimum absolute atomic E-state index is 0.148. The van der Waals surface area contributed by atoms with Crippen LogP contribution in [-0.2, 0) is 0 Å². The van der Waals surface area contributed by atoms with E-state index < -0.39 is 5.91 Å². The van der Waals surface area contributed by atoms with Crippen molar-refractivity contribution in [1.82, 2.24) is 20.3 Å². The molecule has 0 bridgehead atoms. The molecule has 26 heavy (non-hydrogen) atoms. The van der Waals surface area contributed by atoms with Gasteiger partial charge >= 0.3 is 0 Å². The normalized spacial score (nSPS) is 10.2. The van der Waals surface area contributed by atoms with Gasteiger partial charge in [-0.3, -0.25) is 9.59 Å². The molecule has 3 aromatic rings. The maximum atomic E-state index is 12.5. The molecule has 130 valence electrons. The number of nitrogens with zero attached hydrogens (tertiary/aromatic N) is 3. The zero-order valence-electron chi connectivity index (χ0n) is 13.9. The van der Waals surface area contributed by atoms with E-state index in [1.54, 1.807) is 30.3 Å². The maximum absolute atomic E-state index is 12.5. The van der Waals surface area contributed by atoms with Gasteiger partial charge in [0.15, 0.2) is 5.69 Å². The Morgan fingerprint density at radius 1 is 1.04 bits per heavy atom. The van der Waals surface area contributed by atoms with Gasteiger partial charge in [0.1, 0.15) is 0 Å². The van der Waals surface area contributed by atoms with E-state index in [1.165, 1.54) is 11.0 Å². The quantitative estimate of drug-likeness (QED) is 0.670. The van der Waals surface area contributed by atoms with Crippen LogP contribution in [0.2, 0.25) is 0 Å². The summed E-state index contributed by atoms with van der Waals surface area (Å²) in [5, 5.41) is 13.7. The van der Waals surface area contributed by atoms with E-state index in [0.29, 0.717) is 17.8 Å². The van der Waals surface area contributed by atoms with Crippen molar-refractivity contribution < 1.29 is 9.59 Å². The molecule has 0 spiro atoms. The summed E-state index contributed by atoms with van der Waals surface area (Å²) in [6.07, 6.45) is 2.96. The van der Waals surface area contributed by atoms with Gasteiger partial charge in [-0.05, 0) is 24.3 Å². The van der Waals surface area contributed by atoms with Gasteiger partial charge in [0.2, 0.25) is 0 Å². The predicted molar refractivity (Wildman–Crippen MR) is 98.3 cm³/mol. The molecular formula is C19H17N5O2. The number of rotatable bonds is 6. The molecule has 2 amide bonds. The summed E-state index contributed by atoms with van der Waals surface area (Å²) in [6.45, 7) is 3.90. The summed E-state index contributed by atoms with van der Waals surface area (Å²) in [4.78, 5) is 26.0. The van der Waals surface area contributed by atoms with Crippen molar-refractivity contribution in [3.63, 3.8) is 0 Å². The highest BCUT2D eigenvalue weighted by molar-refractivity contribution is 6.08. The third-order valence-electron chi connectivity index (χ3n) is 3.54. The van der Waals surface area contributed by atoms with E-state index in [9.17, 15) is 9.59 Å². The topological polar surface area (TPSA) is 88.9 Å². The molecular weight excluding hydrogens is 330 g/mol. The standard InChI is InChI=1S/C19H17N5O2/c1-2-12-20-18(25)15-10-6-7-11-16(15)22-19(26)17-13-21-24(23-17)14-8-4-3-5-9-14/h2-11,13H,1,12H2,(H,20,25)(H,22,26). The van der Waals surface area contributed by atoms with Crippen LogP contribution in [0.1, 0.15) is 20.8 Å². The molecule has 1 aromatic heterocycles. The van der Waals surface area contributed by atoms with Crippen molar-refractivity contribution in [2.24, 2.45) is 0 Å². The number of nitrogens with one attached hydrogen (secondary N) is 2. The van der Waals surface area contributed by atoms with Gasteiger partial charge in [0, 0.05) is 6.54 Å². The van der Waals surface area contributed by atoms with Crippen molar-refractivity contribution in [3.8, 4) is 5.69 Å². The Balaban J connectivity index is 1.78. The van der Waals surface area contributed by atoms with Gasteiger partial charge in [-0.25, -0.2) is 0 Å². The van der Waals surface area contributed by atoms with Gasteiger partial charge in [-0.1, -0.05) is 36.4 Å². The van der Waals surface area contributed by atoms with Crippen LogP contribution in [0.4, 0.5) is 5.69 Å². The lowest BCUT2D eigenvalue weighted by Gasteiger charge is -2.09. The zero-order chi connectivity index (χ0) is 18.4. The van der Waals surface area contributed by atoms with E-state index in [2.05, 4.69) is 27.4 Å². The second kappa shape index (κ2) is 7.89. The van der Waals surface area contributed by atoms with Crippen molar-refractivity contribution in [1.29, 1.82) is 0 Å². The molecule has 0 fully saturated rings. The first kappa shape index (κ1) is 17.1. The van der Waals surface area contributed by atoms with Crippen LogP contribution in [0, 0.1) is 0 Å². The molecule has 0 saturated carbocycles. The Labute approximate surface area is 150 Å². The lowest BCUT2D eigenvalue weighted by atomic mass is 10.1. The van der Waals surface area contributed by atoms with Crippen molar-refractivity contribution in [2.45, 2.75) is 0 Å². The lowest BCUT2D eigenvalue weighted by molar-refractivity contribution is 0.0959. The van der Waals surface area contributed by atoms with Crippen LogP contribution < -0.4 is 10.6 Å². The highest BCUT2D eigenvalue weighted by Crippen LogP contribution is 2.16. The van der Waals surface area contributed by atoms with Gasteiger partial charge in [-0.2, -0.15) is 9.90 Å². The molecule has 0 unspecified atom stereocenters. The first-order chi connectivity index (χ1) is 12.7. The summed E-state index contributed by atoms with van der Waals surface area (Å²) in [5.41, 5.74) is 1.65. The van der Waals surface area contributed by atoms with E-state index in [4.69, 9.17) is 0 Å². The minimum atomic E-state index is -0.448. The highest BCUT2D eigenvalue weighted by Gasteiger charge is 2.16. The molecule has 7 heteroatoms. The number of carbonyl (C=O) groups excluding carboxylic acids is 2. The Morgan fingerprint density at radius 2 is 1.77 bits per heavy atom. The van der Waals surface area contributed by atoms with Crippen LogP contribution in [0.3, 0.4) is 0 Å². The average Bonchev–Trinajstić information content (AvgIpc) is 3.17. The molecule has 2 N–H and O–H groups in total. The van der Waals surface area contributed by atoms with Gasteiger partial charge in [0.05, 0.1) is 23.1 Å². The van der Waals surface area contributed by atoms with Crippen LogP contribution in [0.25, 0.3) is 5.69 Å². The van der Waals surface area contributed by atoms with Crippen molar-refractivity contribution in [3.05, 3.63) is 84.7 Å². The number of aromatic nitrogens is 3. The molecule has 7 nitrogen and oxygen atoms in total. The first-order valence-electron chi connectivity index (χ1n) is 7.96. The molecule has 0 saturated heterocycles. The molecule has 1 heterocycles. The van der Waals surface area contributed by atoms with Crippen LogP contribution in [-0.4, -0.2) is 33.4 Å². The monoisotopic (exact) mass is 347 g/mol. The molecule has 0 aliphatic rings. The molecule has 0 radical (unpaired) electrons. The fraction of sp³-hybridized carbons (Fsp3) is 0.0526. The first-order valence-corrected chi connectivity index (χ1v) is 7.96. The summed E-state index contributed by atoms with van der Waals surface area (Å²) in [5.74, 6) is -0.745. The predicted octanol–water partition coefficient (Wildman–Crippen LogP) is 2.44. The fourth-order valence-corrected chi connectivity index (χ4v) is 2.29. The largest absolute Gasteiger partial charge is 0.349 e. The SMILES string of the molecule is C=CCNC(=O)c1ccccc1NC(=O)c1cnn(-c2ccccc2)n1. The van der Waals surface area contributed by atoms with E-state index >= 15 is 0 Å². The molecule has 0 aliphatic heterocycles. The Kier molecular flexibility index (Phi) is 5.19. The lowest BCUT2D eigenvalue weighted by Crippen LogP contribution is -2.25. The number of hydrogen-bond donors (Lipinski definition) is 2. The van der Waals surface area contributed by atoms with E-state index in [0.717, 1.165) is 5.69 Å². The summed E-state index contributed by atoms with van der Waals surface area (Å²) < 4.78 is 0. The highest BCUT2D eigenvalue weighted by atomic mass is 16.2. The average molecular weight is 347 g/mol. The Morgan fingerprint density at radius 3 is 2.54 bits per heavy atom. The number of carbonyl (C=O) groups is 2. The Hall–Kier alpha value is -3.74. The van der Waals surface area contributed by atoms with Crippen LogP contribution >= 0.6 is 0 Å². The number of amides is 2. The molecule has 3 rings (SSSR count). The summed E-state index contributed by atoms with van der Waals surface area (Å²) in [6, 6.07) is 16.0. The van der Waals surface area contributed by atoms with Crippen molar-refractivity contribution in [2.75, 3.05) is 11.9 Å². The maximum Gasteiger partial charge on any atom is 0.277 e. The number of para-hydroxylation sites is 2. The van der Waals surface area contributed by atoms with Crippen LogP contribution in [0.5, 0.6) is 0 Å². The summed E-state index contributed by atoms with van der Waals surface area (Å²) in [7, 11) is 0. The van der Waals surface area contributed by atoms with Gasteiger partial charge in [0.25, 0.3) is 11.8 Å². The Bertz CT molecular complexity index is 934. The fourth-order valence-electron chi connectivity index (χ4n) is 2.29. The van der Waals surface area contributed by atoms with Crippen LogP contribution in [0.15, 0.2) is 73.4 Å². The third-order valence-corrected chi connectivity index (χ3v) is 3.54. The smallest absolute Gasteiger partial charge is 0.277 e. The zero-order valence-corrected chi connectivity index (χ0v) is 13.9. The second-order valence-electron chi connectivity index (χ2n) is 5.35. The number of benzene rings is 2. The van der Waals surface area contributed by atoms with Crippen molar-refractivity contribution >= 4 is 17.5 Å². The number of hydrogen-bond acceptors (Lipinski definition) is 4. The third kappa shape index (κ3) is 3.84. The van der Waals surface area contributed by atoms with E-state index in [-0.39, 0.29) is 11.6 Å². The molecule has 2 aromatic carbocycles. The summed E-state index contributed by atoms with van der Waals surface area (Å²) >= 11 is 0. The molecule has 0 atom stereocenters. The second-order valence-corrected chi connectivity index (χ2v) is 5.35.